The van der Waals surface area contributed by atoms with Gasteiger partial charge >= 0.3 is 0 Å². The Morgan fingerprint density at radius 3 is 2.48 bits per heavy atom. The molecule has 110 valence electrons. The molecule has 0 radical (unpaired) electrons. The highest BCUT2D eigenvalue weighted by molar-refractivity contribution is 5.81. The molecule has 1 heterocycles. The third kappa shape index (κ3) is 3.80. The summed E-state index contributed by atoms with van der Waals surface area (Å²) < 4.78 is 0. The molecule has 0 aliphatic rings. The van der Waals surface area contributed by atoms with Gasteiger partial charge in [0, 0.05) is 18.0 Å². The summed E-state index contributed by atoms with van der Waals surface area (Å²) >= 11 is 0. The van der Waals surface area contributed by atoms with Crippen LogP contribution in [0.5, 0.6) is 0 Å². The van der Waals surface area contributed by atoms with Crippen molar-refractivity contribution in [1.82, 2.24) is 4.98 Å². The van der Waals surface area contributed by atoms with E-state index < -0.39 is 0 Å². The van der Waals surface area contributed by atoms with Crippen LogP contribution in [-0.2, 0) is 0 Å². The van der Waals surface area contributed by atoms with Crippen LogP contribution in [0.25, 0.3) is 11.1 Å². The number of hydrogen-bond acceptors (Lipinski definition) is 4. The Bertz CT molecular complexity index is 847. The highest BCUT2D eigenvalue weighted by atomic mass is 15.3. The molecule has 2 aromatic carbocycles. The van der Waals surface area contributed by atoms with Crippen molar-refractivity contribution in [2.24, 2.45) is 5.10 Å². The Morgan fingerprint density at radius 1 is 0.957 bits per heavy atom. The number of nitriles is 1. The van der Waals surface area contributed by atoms with E-state index >= 15 is 0 Å². The number of rotatable bonds is 4. The molecule has 3 aromatic rings. The fourth-order valence-corrected chi connectivity index (χ4v) is 2.11. The van der Waals surface area contributed by atoms with Crippen molar-refractivity contribution in [3.05, 3.63) is 84.2 Å². The van der Waals surface area contributed by atoms with Crippen LogP contribution in [0.1, 0.15) is 11.1 Å². The van der Waals surface area contributed by atoms with E-state index in [0.717, 1.165) is 22.4 Å². The zero-order valence-electron chi connectivity index (χ0n) is 12.3. The van der Waals surface area contributed by atoms with Gasteiger partial charge < -0.3 is 0 Å². The molecule has 0 aliphatic carbocycles. The van der Waals surface area contributed by atoms with Crippen LogP contribution in [0.3, 0.4) is 0 Å². The Hall–Kier alpha value is -3.45. The summed E-state index contributed by atoms with van der Waals surface area (Å²) in [5.41, 5.74) is 7.41. The minimum absolute atomic E-state index is 0.556. The van der Waals surface area contributed by atoms with Gasteiger partial charge in [0.25, 0.3) is 0 Å². The second-order valence-corrected chi connectivity index (χ2v) is 4.93. The molecule has 0 atom stereocenters. The molecule has 1 N–H and O–H groups in total. The number of nitrogens with one attached hydrogen (secondary N) is 1. The molecule has 1 aromatic heterocycles. The normalized spacial score (nSPS) is 10.4. The van der Waals surface area contributed by atoms with E-state index in [1.165, 1.54) is 0 Å². The largest absolute Gasteiger partial charge is 0.279 e. The summed E-state index contributed by atoms with van der Waals surface area (Å²) in [5.74, 6) is 0. The number of para-hydroxylation sites is 1. The van der Waals surface area contributed by atoms with Crippen molar-refractivity contribution in [1.29, 1.82) is 5.26 Å². The molecule has 3 rings (SSSR count). The first kappa shape index (κ1) is 14.5. The first-order valence-corrected chi connectivity index (χ1v) is 7.15. The van der Waals surface area contributed by atoms with E-state index in [1.54, 1.807) is 18.6 Å². The van der Waals surface area contributed by atoms with Gasteiger partial charge in [-0.3, -0.25) is 10.4 Å². The van der Waals surface area contributed by atoms with Gasteiger partial charge in [-0.05, 0) is 29.3 Å². The van der Waals surface area contributed by atoms with E-state index in [-0.39, 0.29) is 0 Å². The maximum absolute atomic E-state index is 8.93. The quantitative estimate of drug-likeness (QED) is 0.583. The average molecular weight is 298 g/mol. The number of hydrazone groups is 1. The molecule has 0 bridgehead atoms. The van der Waals surface area contributed by atoms with E-state index in [9.17, 15) is 0 Å². The average Bonchev–Trinajstić information content (AvgIpc) is 2.63. The van der Waals surface area contributed by atoms with Gasteiger partial charge in [-0.1, -0.05) is 42.5 Å². The fraction of sp³-hybridized carbons (Fsp3) is 0. The fourth-order valence-electron chi connectivity index (χ4n) is 2.11. The third-order valence-corrected chi connectivity index (χ3v) is 3.29. The number of nitrogens with zero attached hydrogens (tertiary/aromatic N) is 3. The minimum Gasteiger partial charge on any atom is -0.279 e. The van der Waals surface area contributed by atoms with Gasteiger partial charge in [0.2, 0.25) is 0 Å². The minimum atomic E-state index is 0.556. The van der Waals surface area contributed by atoms with Crippen molar-refractivity contribution in [3.8, 4) is 17.2 Å². The van der Waals surface area contributed by atoms with E-state index in [2.05, 4.69) is 21.6 Å². The maximum Gasteiger partial charge on any atom is 0.101 e. The van der Waals surface area contributed by atoms with Gasteiger partial charge in [-0.15, -0.1) is 0 Å². The molecule has 0 saturated carbocycles. The van der Waals surface area contributed by atoms with E-state index in [0.29, 0.717) is 5.56 Å². The first-order valence-electron chi connectivity index (χ1n) is 7.15. The summed E-state index contributed by atoms with van der Waals surface area (Å²) in [6.45, 7) is 0. The molecule has 4 heteroatoms. The summed E-state index contributed by atoms with van der Waals surface area (Å²) in [5, 5.41) is 13.1. The second kappa shape index (κ2) is 7.01. The van der Waals surface area contributed by atoms with Crippen LogP contribution < -0.4 is 5.43 Å². The lowest BCUT2D eigenvalue weighted by Crippen LogP contribution is -1.90. The predicted octanol–water partition coefficient (Wildman–Crippen LogP) is 4.07. The van der Waals surface area contributed by atoms with Gasteiger partial charge in [0.1, 0.15) is 6.07 Å². The standard InChI is InChI=1S/C19H14N4/c20-11-16-10-18(14-21-12-16)17-8-6-15(7-9-17)13-22-23-19-4-2-1-3-5-19/h1-10,12-14,23H. The number of pyridine rings is 1. The van der Waals surface area contributed by atoms with Gasteiger partial charge in [-0.2, -0.15) is 10.4 Å². The summed E-state index contributed by atoms with van der Waals surface area (Å²) in [6, 6.07) is 21.6. The Morgan fingerprint density at radius 2 is 1.74 bits per heavy atom. The highest BCUT2D eigenvalue weighted by Gasteiger charge is 2.00. The molecule has 0 unspecified atom stereocenters. The van der Waals surface area contributed by atoms with Crippen molar-refractivity contribution in [3.63, 3.8) is 0 Å². The molecule has 23 heavy (non-hydrogen) atoms. The van der Waals surface area contributed by atoms with Crippen LogP contribution in [-0.4, -0.2) is 11.2 Å². The molecular formula is C19H14N4. The van der Waals surface area contributed by atoms with Crippen LogP contribution in [0.4, 0.5) is 5.69 Å². The third-order valence-electron chi connectivity index (χ3n) is 3.29. The lowest BCUT2D eigenvalue weighted by Gasteiger charge is -2.02. The molecule has 0 amide bonds. The Balaban J connectivity index is 1.71. The second-order valence-electron chi connectivity index (χ2n) is 4.93. The summed E-state index contributed by atoms with van der Waals surface area (Å²) in [6.07, 6.45) is 5.07. The summed E-state index contributed by atoms with van der Waals surface area (Å²) in [4.78, 5) is 4.08. The van der Waals surface area contributed by atoms with Crippen molar-refractivity contribution < 1.29 is 0 Å². The van der Waals surface area contributed by atoms with Crippen molar-refractivity contribution in [2.45, 2.75) is 0 Å². The van der Waals surface area contributed by atoms with Gasteiger partial charge in [0.05, 0.1) is 17.5 Å². The Labute approximate surface area is 134 Å². The van der Waals surface area contributed by atoms with Gasteiger partial charge in [0.15, 0.2) is 0 Å². The first-order chi connectivity index (χ1) is 11.3. The zero-order valence-corrected chi connectivity index (χ0v) is 12.3. The smallest absolute Gasteiger partial charge is 0.101 e. The topological polar surface area (TPSA) is 61.1 Å². The van der Waals surface area contributed by atoms with Crippen molar-refractivity contribution in [2.75, 3.05) is 5.43 Å². The van der Waals surface area contributed by atoms with Crippen LogP contribution in [0, 0.1) is 11.3 Å². The molecule has 0 fully saturated rings. The molecule has 4 nitrogen and oxygen atoms in total. The summed E-state index contributed by atoms with van der Waals surface area (Å²) in [7, 11) is 0. The number of benzene rings is 2. The number of hydrogen-bond donors (Lipinski definition) is 1. The highest BCUT2D eigenvalue weighted by Crippen LogP contribution is 2.19. The van der Waals surface area contributed by atoms with Crippen LogP contribution in [0.15, 0.2) is 78.2 Å². The monoisotopic (exact) mass is 298 g/mol. The number of anilines is 1. The molecule has 0 saturated heterocycles. The number of aromatic nitrogens is 1. The van der Waals surface area contributed by atoms with E-state index in [1.807, 2.05) is 60.7 Å². The molecule has 0 spiro atoms. The molecule has 0 aliphatic heterocycles. The lowest BCUT2D eigenvalue weighted by molar-refractivity contribution is 1.30. The SMILES string of the molecule is N#Cc1cncc(-c2ccc(C=NNc3ccccc3)cc2)c1. The maximum atomic E-state index is 8.93. The van der Waals surface area contributed by atoms with Gasteiger partial charge in [-0.25, -0.2) is 0 Å². The van der Waals surface area contributed by atoms with Crippen LogP contribution in [0.2, 0.25) is 0 Å². The lowest BCUT2D eigenvalue weighted by atomic mass is 10.0. The molecular weight excluding hydrogens is 284 g/mol. The predicted molar refractivity (Wildman–Crippen MR) is 92.0 cm³/mol. The zero-order chi connectivity index (χ0) is 15.9. The van der Waals surface area contributed by atoms with Crippen molar-refractivity contribution >= 4 is 11.9 Å². The Kier molecular flexibility index (Phi) is 4.41. The van der Waals surface area contributed by atoms with E-state index in [4.69, 9.17) is 5.26 Å². The van der Waals surface area contributed by atoms with Crippen LogP contribution >= 0.6 is 0 Å².